The van der Waals surface area contributed by atoms with Crippen LogP contribution in [0.25, 0.3) is 11.0 Å². The number of piperidine rings is 1. The number of hydrogen-bond acceptors (Lipinski definition) is 8. The molecule has 1 aliphatic heterocycles. The van der Waals surface area contributed by atoms with Gasteiger partial charge in [0.1, 0.15) is 29.1 Å². The number of anilines is 1. The Morgan fingerprint density at radius 3 is 2.68 bits per heavy atom. The van der Waals surface area contributed by atoms with Crippen LogP contribution in [0.3, 0.4) is 0 Å². The van der Waals surface area contributed by atoms with E-state index in [2.05, 4.69) is 39.8 Å². The third-order valence-electron chi connectivity index (χ3n) is 6.26. The van der Waals surface area contributed by atoms with Gasteiger partial charge >= 0.3 is 5.69 Å². The standard InChI is InChI=1S/C25H30N6O3/c1-6-17-14-31(24-23-20(30(5)25(32)29-24)9-7-18(12-26)28-23)16(4)11-21(17)34-22-10-8-19(13-27-22)33-15(2)3/h7-10,13,15-17,21H,6,11,14H2,1-5H3/t16-,17?,21-/m1/s1. The topological polar surface area (TPSA) is 106 Å². The van der Waals surface area contributed by atoms with Crippen LogP contribution in [-0.2, 0) is 7.05 Å². The summed E-state index contributed by atoms with van der Waals surface area (Å²) in [6.07, 6.45) is 3.37. The quantitative estimate of drug-likeness (QED) is 0.548. The number of pyridine rings is 2. The second-order valence-corrected chi connectivity index (χ2v) is 9.01. The summed E-state index contributed by atoms with van der Waals surface area (Å²) in [5, 5.41) is 9.34. The van der Waals surface area contributed by atoms with Gasteiger partial charge in [0.25, 0.3) is 0 Å². The number of hydrogen-bond donors (Lipinski definition) is 0. The fraction of sp³-hybridized carbons (Fsp3) is 0.480. The van der Waals surface area contributed by atoms with Crippen LogP contribution in [0, 0.1) is 17.2 Å². The number of nitriles is 1. The SMILES string of the molecule is CCC1CN(c2nc(=O)n(C)c3ccc(C#N)nc23)[C@H](C)C[C@H]1Oc1ccc(OC(C)C)cn1. The number of nitrogens with zero attached hydrogens (tertiary/aromatic N) is 6. The molecular weight excluding hydrogens is 432 g/mol. The van der Waals surface area contributed by atoms with E-state index in [1.807, 2.05) is 26.0 Å². The van der Waals surface area contributed by atoms with E-state index in [9.17, 15) is 10.1 Å². The molecule has 3 aromatic heterocycles. The van der Waals surface area contributed by atoms with Crippen molar-refractivity contribution in [3.8, 4) is 17.7 Å². The number of fused-ring (bicyclic) bond motifs is 1. The number of rotatable bonds is 6. The molecule has 0 saturated carbocycles. The molecule has 1 fully saturated rings. The molecule has 1 saturated heterocycles. The maximum absolute atomic E-state index is 12.6. The average molecular weight is 463 g/mol. The molecule has 9 heteroatoms. The highest BCUT2D eigenvalue weighted by atomic mass is 16.5. The van der Waals surface area contributed by atoms with E-state index in [0.29, 0.717) is 40.7 Å². The number of ether oxygens (including phenoxy) is 2. The first-order valence-corrected chi connectivity index (χ1v) is 11.6. The van der Waals surface area contributed by atoms with Crippen LogP contribution in [0.2, 0.25) is 0 Å². The van der Waals surface area contributed by atoms with E-state index in [1.165, 1.54) is 4.57 Å². The van der Waals surface area contributed by atoms with Crippen molar-refractivity contribution >= 4 is 16.9 Å². The van der Waals surface area contributed by atoms with Gasteiger partial charge in [-0.25, -0.2) is 14.8 Å². The summed E-state index contributed by atoms with van der Waals surface area (Å²) in [5.74, 6) is 2.00. The van der Waals surface area contributed by atoms with Crippen molar-refractivity contribution in [2.24, 2.45) is 13.0 Å². The van der Waals surface area contributed by atoms with Gasteiger partial charge in [-0.3, -0.25) is 4.57 Å². The van der Waals surface area contributed by atoms with Crippen LogP contribution in [0.15, 0.2) is 35.3 Å². The van der Waals surface area contributed by atoms with Gasteiger partial charge in [-0.1, -0.05) is 6.92 Å². The first-order chi connectivity index (χ1) is 16.3. The molecule has 3 atom stereocenters. The zero-order chi connectivity index (χ0) is 24.4. The molecular formula is C25H30N6O3. The summed E-state index contributed by atoms with van der Waals surface area (Å²) in [4.78, 5) is 28.0. The van der Waals surface area contributed by atoms with Gasteiger partial charge in [-0.15, -0.1) is 0 Å². The fourth-order valence-corrected chi connectivity index (χ4v) is 4.44. The van der Waals surface area contributed by atoms with Crippen molar-refractivity contribution in [3.05, 3.63) is 46.6 Å². The van der Waals surface area contributed by atoms with Gasteiger partial charge in [0, 0.05) is 38.0 Å². The summed E-state index contributed by atoms with van der Waals surface area (Å²) >= 11 is 0. The highest BCUT2D eigenvalue weighted by Crippen LogP contribution is 2.33. The highest BCUT2D eigenvalue weighted by Gasteiger charge is 2.36. The Labute approximate surface area is 199 Å². The summed E-state index contributed by atoms with van der Waals surface area (Å²) in [6, 6.07) is 9.21. The zero-order valence-electron chi connectivity index (χ0n) is 20.2. The fourth-order valence-electron chi connectivity index (χ4n) is 4.44. The van der Waals surface area contributed by atoms with E-state index in [1.54, 1.807) is 25.4 Å². The molecule has 0 amide bonds. The lowest BCUT2D eigenvalue weighted by Crippen LogP contribution is -2.51. The third-order valence-corrected chi connectivity index (χ3v) is 6.26. The molecule has 4 heterocycles. The number of aromatic nitrogens is 4. The van der Waals surface area contributed by atoms with Gasteiger partial charge in [0.05, 0.1) is 17.8 Å². The molecule has 0 bridgehead atoms. The van der Waals surface area contributed by atoms with E-state index in [0.717, 1.165) is 12.8 Å². The highest BCUT2D eigenvalue weighted by molar-refractivity contribution is 5.86. The molecule has 178 valence electrons. The van der Waals surface area contributed by atoms with Crippen molar-refractivity contribution in [2.75, 3.05) is 11.4 Å². The van der Waals surface area contributed by atoms with Crippen molar-refractivity contribution in [1.82, 2.24) is 19.5 Å². The van der Waals surface area contributed by atoms with Crippen molar-refractivity contribution in [3.63, 3.8) is 0 Å². The lowest BCUT2D eigenvalue weighted by molar-refractivity contribution is 0.0908. The predicted molar refractivity (Wildman–Crippen MR) is 129 cm³/mol. The van der Waals surface area contributed by atoms with Crippen molar-refractivity contribution in [1.29, 1.82) is 5.26 Å². The Bertz CT molecular complexity index is 1260. The van der Waals surface area contributed by atoms with Crippen LogP contribution in [-0.4, -0.2) is 44.3 Å². The lowest BCUT2D eigenvalue weighted by atomic mass is 9.88. The summed E-state index contributed by atoms with van der Waals surface area (Å²) in [5.41, 5.74) is 1.16. The van der Waals surface area contributed by atoms with Gasteiger partial charge in [0.15, 0.2) is 5.82 Å². The Morgan fingerprint density at radius 2 is 2.03 bits per heavy atom. The van der Waals surface area contributed by atoms with E-state index < -0.39 is 0 Å². The minimum Gasteiger partial charge on any atom is -0.489 e. The zero-order valence-corrected chi connectivity index (χ0v) is 20.2. The van der Waals surface area contributed by atoms with E-state index >= 15 is 0 Å². The monoisotopic (exact) mass is 462 g/mol. The number of aryl methyl sites for hydroxylation is 1. The van der Waals surface area contributed by atoms with Crippen molar-refractivity contribution in [2.45, 2.75) is 58.8 Å². The molecule has 0 N–H and O–H groups in total. The Balaban J connectivity index is 1.61. The summed E-state index contributed by atoms with van der Waals surface area (Å²) in [6.45, 7) is 8.83. The van der Waals surface area contributed by atoms with Crippen LogP contribution in [0.5, 0.6) is 11.6 Å². The van der Waals surface area contributed by atoms with Crippen LogP contribution < -0.4 is 20.1 Å². The van der Waals surface area contributed by atoms with E-state index in [-0.39, 0.29) is 29.9 Å². The van der Waals surface area contributed by atoms with Gasteiger partial charge in [0.2, 0.25) is 5.88 Å². The second kappa shape index (κ2) is 9.67. The van der Waals surface area contributed by atoms with Crippen LogP contribution >= 0.6 is 0 Å². The minimum absolute atomic E-state index is 0.0268. The molecule has 34 heavy (non-hydrogen) atoms. The van der Waals surface area contributed by atoms with Gasteiger partial charge in [-0.2, -0.15) is 10.2 Å². The first kappa shape index (κ1) is 23.5. The Kier molecular flexibility index (Phi) is 6.68. The maximum atomic E-state index is 12.6. The predicted octanol–water partition coefficient (Wildman–Crippen LogP) is 3.45. The summed E-state index contributed by atoms with van der Waals surface area (Å²) < 4.78 is 13.4. The van der Waals surface area contributed by atoms with Crippen LogP contribution in [0.4, 0.5) is 5.82 Å². The molecule has 4 rings (SSSR count). The third kappa shape index (κ3) is 4.67. The molecule has 0 aromatic carbocycles. The maximum Gasteiger partial charge on any atom is 0.349 e. The van der Waals surface area contributed by atoms with Gasteiger partial charge in [-0.05, 0) is 45.4 Å². The van der Waals surface area contributed by atoms with Crippen molar-refractivity contribution < 1.29 is 9.47 Å². The molecule has 0 spiro atoms. The molecule has 1 aliphatic rings. The second-order valence-electron chi connectivity index (χ2n) is 9.01. The smallest absolute Gasteiger partial charge is 0.349 e. The molecule has 9 nitrogen and oxygen atoms in total. The van der Waals surface area contributed by atoms with Crippen LogP contribution in [0.1, 0.15) is 46.2 Å². The Morgan fingerprint density at radius 1 is 1.24 bits per heavy atom. The molecule has 3 aromatic rings. The lowest BCUT2D eigenvalue weighted by Gasteiger charge is -2.43. The summed E-state index contributed by atoms with van der Waals surface area (Å²) in [7, 11) is 1.66. The molecule has 0 aliphatic carbocycles. The molecule has 0 radical (unpaired) electrons. The Hall–Kier alpha value is -3.67. The van der Waals surface area contributed by atoms with E-state index in [4.69, 9.17) is 9.47 Å². The van der Waals surface area contributed by atoms with Gasteiger partial charge < -0.3 is 14.4 Å². The normalized spacial score (nSPS) is 20.4. The largest absolute Gasteiger partial charge is 0.489 e. The minimum atomic E-state index is -0.347. The molecule has 1 unspecified atom stereocenters. The average Bonchev–Trinajstić information content (AvgIpc) is 2.82. The first-order valence-electron chi connectivity index (χ1n) is 11.6.